The van der Waals surface area contributed by atoms with E-state index in [1.165, 1.54) is 21.6 Å². The Balaban J connectivity index is 1.99. The third-order valence-electron chi connectivity index (χ3n) is 3.46. The smallest absolute Gasteiger partial charge is 0.127 e. The molecule has 3 rings (SSSR count). The first-order chi connectivity index (χ1) is 9.69. The number of hydrogen-bond donors (Lipinski definition) is 0. The quantitative estimate of drug-likeness (QED) is 0.479. The van der Waals surface area contributed by atoms with Gasteiger partial charge in [-0.1, -0.05) is 44.0 Å². The molecule has 1 heterocycles. The third-order valence-corrected chi connectivity index (χ3v) is 5.68. The molecule has 0 amide bonds. The van der Waals surface area contributed by atoms with Crippen LogP contribution in [0, 0.1) is 0 Å². The molecule has 0 aliphatic carbocycles. The lowest BCUT2D eigenvalue weighted by Crippen LogP contribution is -1.97. The second kappa shape index (κ2) is 6.12. The summed E-state index contributed by atoms with van der Waals surface area (Å²) in [5.41, 5.74) is 3.74. The van der Waals surface area contributed by atoms with Crippen LogP contribution in [0.4, 0.5) is 0 Å². The molecule has 0 aromatic heterocycles. The Bertz CT molecular complexity index is 625. The summed E-state index contributed by atoms with van der Waals surface area (Å²) in [5, 5.41) is 0. The van der Waals surface area contributed by atoms with Crippen LogP contribution in [0.5, 0.6) is 5.75 Å². The second-order valence-corrected chi connectivity index (χ2v) is 7.43. The lowest BCUT2D eigenvalue weighted by atomic mass is 10.0. The van der Waals surface area contributed by atoms with Gasteiger partial charge in [0.1, 0.15) is 5.75 Å². The van der Waals surface area contributed by atoms with Crippen LogP contribution in [-0.2, 0) is 6.42 Å². The molecule has 0 radical (unpaired) electrons. The van der Waals surface area contributed by atoms with E-state index < -0.39 is 0 Å². The molecule has 1 aliphatic rings. The zero-order valence-electron chi connectivity index (χ0n) is 11.0. The van der Waals surface area contributed by atoms with Crippen molar-refractivity contribution in [2.24, 2.45) is 0 Å². The molecule has 2 aromatic rings. The van der Waals surface area contributed by atoms with Gasteiger partial charge in [-0.2, -0.15) is 0 Å². The number of alkyl halides is 1. The van der Waals surface area contributed by atoms with Crippen molar-refractivity contribution in [1.29, 1.82) is 0 Å². The molecular weight excluding hydrogens is 400 g/mol. The molecule has 0 bridgehead atoms. The molecule has 1 nitrogen and oxygen atoms in total. The van der Waals surface area contributed by atoms with E-state index >= 15 is 0 Å². The van der Waals surface area contributed by atoms with Crippen LogP contribution in [0.3, 0.4) is 0 Å². The Labute approximate surface area is 140 Å². The molecule has 0 fully saturated rings. The number of halogens is 2. The highest BCUT2D eigenvalue weighted by Crippen LogP contribution is 2.42. The van der Waals surface area contributed by atoms with E-state index in [0.29, 0.717) is 0 Å². The maximum atomic E-state index is 5.82. The first-order valence-corrected chi connectivity index (χ1v) is 9.35. The van der Waals surface area contributed by atoms with Gasteiger partial charge in [-0.05, 0) is 41.6 Å². The van der Waals surface area contributed by atoms with Crippen molar-refractivity contribution >= 4 is 43.6 Å². The lowest BCUT2D eigenvalue weighted by Gasteiger charge is -2.15. The van der Waals surface area contributed by atoms with Gasteiger partial charge in [-0.15, -0.1) is 11.8 Å². The highest BCUT2D eigenvalue weighted by atomic mass is 79.9. The van der Waals surface area contributed by atoms with E-state index in [-0.39, 0.29) is 4.83 Å². The fourth-order valence-electron chi connectivity index (χ4n) is 2.44. The predicted molar refractivity (Wildman–Crippen MR) is 92.3 cm³/mol. The van der Waals surface area contributed by atoms with Crippen molar-refractivity contribution in [2.75, 3.05) is 12.9 Å². The van der Waals surface area contributed by atoms with Crippen LogP contribution >= 0.6 is 43.6 Å². The minimum Gasteiger partial charge on any atom is -0.493 e. The fourth-order valence-corrected chi connectivity index (χ4v) is 4.02. The first-order valence-electron chi connectivity index (χ1n) is 6.42. The summed E-state index contributed by atoms with van der Waals surface area (Å²) in [4.78, 5) is 1.44. The number of fused-ring (bicyclic) bond motifs is 1. The molecule has 104 valence electrons. The summed E-state index contributed by atoms with van der Waals surface area (Å²) in [6.45, 7) is 0.782. The van der Waals surface area contributed by atoms with Crippen LogP contribution in [0.15, 0.2) is 45.8 Å². The van der Waals surface area contributed by atoms with E-state index in [9.17, 15) is 0 Å². The molecule has 0 spiro atoms. The zero-order valence-corrected chi connectivity index (χ0v) is 15.0. The molecule has 0 N–H and O–H groups in total. The van der Waals surface area contributed by atoms with Crippen molar-refractivity contribution in [2.45, 2.75) is 16.1 Å². The van der Waals surface area contributed by atoms with Gasteiger partial charge in [0.25, 0.3) is 0 Å². The number of thioether (sulfide) groups is 1. The molecule has 2 aromatic carbocycles. The molecule has 4 heteroatoms. The monoisotopic (exact) mass is 412 g/mol. The van der Waals surface area contributed by atoms with E-state index in [1.54, 1.807) is 11.8 Å². The predicted octanol–water partition coefficient (Wildman–Crippen LogP) is 5.59. The van der Waals surface area contributed by atoms with Crippen LogP contribution < -0.4 is 4.74 Å². The zero-order chi connectivity index (χ0) is 14.1. The Morgan fingerprint density at radius 2 is 1.95 bits per heavy atom. The van der Waals surface area contributed by atoms with E-state index in [4.69, 9.17) is 4.74 Å². The second-order valence-electron chi connectivity index (χ2n) is 4.72. The summed E-state index contributed by atoms with van der Waals surface area (Å²) in [5.74, 6) is 1.05. The van der Waals surface area contributed by atoms with Gasteiger partial charge >= 0.3 is 0 Å². The standard InChI is InChI=1S/C16H14Br2OS/c1-20-13-4-2-10(3-5-13)15(18)14-9-12(17)8-11-6-7-19-16(11)14/h2-5,8-9,15H,6-7H2,1H3. The lowest BCUT2D eigenvalue weighted by molar-refractivity contribution is 0.354. The average molecular weight is 414 g/mol. The van der Waals surface area contributed by atoms with Gasteiger partial charge in [-0.3, -0.25) is 0 Å². The van der Waals surface area contributed by atoms with Gasteiger partial charge in [0.05, 0.1) is 11.4 Å². The summed E-state index contributed by atoms with van der Waals surface area (Å²) >= 11 is 9.18. The summed E-state index contributed by atoms with van der Waals surface area (Å²) in [7, 11) is 0. The third kappa shape index (κ3) is 2.78. The maximum Gasteiger partial charge on any atom is 0.127 e. The average Bonchev–Trinajstić information content (AvgIpc) is 2.94. The van der Waals surface area contributed by atoms with Crippen LogP contribution in [0.1, 0.15) is 21.5 Å². The van der Waals surface area contributed by atoms with Crippen molar-refractivity contribution < 1.29 is 4.74 Å². The first kappa shape index (κ1) is 14.5. The molecular formula is C16H14Br2OS. The Hall–Kier alpha value is -0.450. The van der Waals surface area contributed by atoms with Crippen molar-refractivity contribution in [3.8, 4) is 5.75 Å². The van der Waals surface area contributed by atoms with E-state index in [0.717, 1.165) is 23.2 Å². The van der Waals surface area contributed by atoms with Crippen molar-refractivity contribution in [1.82, 2.24) is 0 Å². The molecule has 0 saturated carbocycles. The minimum atomic E-state index is 0.155. The van der Waals surface area contributed by atoms with Gasteiger partial charge in [-0.25, -0.2) is 0 Å². The fraction of sp³-hybridized carbons (Fsp3) is 0.250. The highest BCUT2D eigenvalue weighted by Gasteiger charge is 2.22. The highest BCUT2D eigenvalue weighted by molar-refractivity contribution is 9.10. The summed E-state index contributed by atoms with van der Waals surface area (Å²) in [6, 6.07) is 13.0. The van der Waals surface area contributed by atoms with Gasteiger partial charge in [0.2, 0.25) is 0 Å². The van der Waals surface area contributed by atoms with Gasteiger partial charge < -0.3 is 4.74 Å². The number of benzene rings is 2. The van der Waals surface area contributed by atoms with Crippen molar-refractivity contribution in [3.63, 3.8) is 0 Å². The van der Waals surface area contributed by atoms with E-state index in [2.05, 4.69) is 74.5 Å². The molecule has 1 atom stereocenters. The number of rotatable bonds is 3. The van der Waals surface area contributed by atoms with E-state index in [1.807, 2.05) is 0 Å². The van der Waals surface area contributed by atoms with Crippen LogP contribution in [0.2, 0.25) is 0 Å². The normalized spacial score (nSPS) is 14.8. The molecule has 0 saturated heterocycles. The Kier molecular flexibility index (Phi) is 4.43. The maximum absolute atomic E-state index is 5.82. The van der Waals surface area contributed by atoms with Crippen LogP contribution in [0.25, 0.3) is 0 Å². The number of ether oxygens (including phenoxy) is 1. The molecule has 1 aliphatic heterocycles. The Morgan fingerprint density at radius 3 is 2.65 bits per heavy atom. The van der Waals surface area contributed by atoms with Gasteiger partial charge in [0.15, 0.2) is 0 Å². The van der Waals surface area contributed by atoms with Gasteiger partial charge in [0, 0.05) is 21.4 Å². The minimum absolute atomic E-state index is 0.155. The Morgan fingerprint density at radius 1 is 1.20 bits per heavy atom. The largest absolute Gasteiger partial charge is 0.493 e. The summed E-state index contributed by atoms with van der Waals surface area (Å²) in [6.07, 6.45) is 3.09. The summed E-state index contributed by atoms with van der Waals surface area (Å²) < 4.78 is 6.93. The number of hydrogen-bond acceptors (Lipinski definition) is 2. The topological polar surface area (TPSA) is 9.23 Å². The van der Waals surface area contributed by atoms with Crippen molar-refractivity contribution in [3.05, 3.63) is 57.6 Å². The SMILES string of the molecule is CSc1ccc(C(Br)c2cc(Br)cc3c2OCC3)cc1. The molecule has 1 unspecified atom stereocenters. The molecule has 20 heavy (non-hydrogen) atoms. The van der Waals surface area contributed by atoms with Crippen LogP contribution in [-0.4, -0.2) is 12.9 Å².